The normalized spacial score (nSPS) is 19.8. The molecular weight excluding hydrogens is 421 g/mol. The van der Waals surface area contributed by atoms with Gasteiger partial charge in [0.05, 0.1) is 11.6 Å². The Kier molecular flexibility index (Phi) is 6.92. The number of rotatable bonds is 4. The number of nitrogens with zero attached hydrogens (tertiary/aromatic N) is 3. The van der Waals surface area contributed by atoms with Crippen LogP contribution in [-0.2, 0) is 14.8 Å². The monoisotopic (exact) mass is 447 g/mol. The van der Waals surface area contributed by atoms with Crippen molar-refractivity contribution in [3.05, 3.63) is 27.2 Å². The predicted molar refractivity (Wildman–Crippen MR) is 112 cm³/mol. The maximum atomic E-state index is 13.2. The van der Waals surface area contributed by atoms with E-state index in [-0.39, 0.29) is 15.8 Å². The first-order valence-corrected chi connectivity index (χ1v) is 11.9. The first-order valence-electron chi connectivity index (χ1n) is 9.67. The molecule has 0 saturated carbocycles. The minimum Gasteiger partial charge on any atom is -0.342 e. The van der Waals surface area contributed by atoms with Crippen LogP contribution in [0.5, 0.6) is 0 Å². The van der Waals surface area contributed by atoms with Gasteiger partial charge >= 0.3 is 0 Å². The maximum absolute atomic E-state index is 13.2. The summed E-state index contributed by atoms with van der Waals surface area (Å²) in [5, 5.41) is 0.621. The van der Waals surface area contributed by atoms with Gasteiger partial charge in [0.2, 0.25) is 15.9 Å². The molecule has 2 saturated heterocycles. The molecule has 9 heteroatoms. The number of sulfonamides is 1. The lowest BCUT2D eigenvalue weighted by molar-refractivity contribution is -0.133. The zero-order valence-corrected chi connectivity index (χ0v) is 18.7. The van der Waals surface area contributed by atoms with Crippen molar-refractivity contribution >= 4 is 39.1 Å². The van der Waals surface area contributed by atoms with Crippen LogP contribution in [0.1, 0.15) is 30.4 Å². The number of hydrogen-bond acceptors (Lipinski definition) is 4. The first-order chi connectivity index (χ1) is 13.2. The number of aryl methyl sites for hydroxylation is 1. The van der Waals surface area contributed by atoms with Gasteiger partial charge in [-0.15, -0.1) is 0 Å². The molecule has 0 atom stereocenters. The van der Waals surface area contributed by atoms with E-state index in [4.69, 9.17) is 23.2 Å². The highest BCUT2D eigenvalue weighted by atomic mass is 35.5. The summed E-state index contributed by atoms with van der Waals surface area (Å²) in [6.07, 6.45) is 3.32. The highest BCUT2D eigenvalue weighted by Gasteiger charge is 2.33. The van der Waals surface area contributed by atoms with E-state index in [1.165, 1.54) is 10.7 Å². The molecule has 156 valence electrons. The lowest BCUT2D eigenvalue weighted by Crippen LogP contribution is -2.52. The quantitative estimate of drug-likeness (QED) is 0.711. The standard InChI is InChI=1S/C19H27Cl2N3O3S/c1-14-12-16(20)15(2)19(18(14)21)28(26,27)24-10-8-22(9-11-24)13-17(25)23-6-4-3-5-7-23/h12H,3-11,13H2,1-2H3. The molecule has 1 aromatic rings. The van der Waals surface area contributed by atoms with E-state index < -0.39 is 10.0 Å². The Labute approximate surface area is 177 Å². The molecule has 28 heavy (non-hydrogen) atoms. The van der Waals surface area contributed by atoms with Gasteiger partial charge in [0.25, 0.3) is 0 Å². The third-order valence-electron chi connectivity index (χ3n) is 5.58. The molecule has 2 aliphatic rings. The number of likely N-dealkylation sites (tertiary alicyclic amines) is 1. The summed E-state index contributed by atoms with van der Waals surface area (Å²) in [4.78, 5) is 16.5. The Balaban J connectivity index is 1.67. The van der Waals surface area contributed by atoms with Crippen LogP contribution in [0, 0.1) is 13.8 Å². The van der Waals surface area contributed by atoms with Crippen molar-refractivity contribution in [3.8, 4) is 0 Å². The second-order valence-electron chi connectivity index (χ2n) is 7.57. The number of benzene rings is 1. The molecule has 1 aromatic carbocycles. The highest BCUT2D eigenvalue weighted by molar-refractivity contribution is 7.89. The first kappa shape index (κ1) is 21.8. The minimum atomic E-state index is -3.75. The molecule has 2 heterocycles. The largest absolute Gasteiger partial charge is 0.342 e. The fraction of sp³-hybridized carbons (Fsp3) is 0.632. The average molecular weight is 448 g/mol. The molecule has 1 amide bonds. The van der Waals surface area contributed by atoms with Gasteiger partial charge in [0.15, 0.2) is 0 Å². The molecule has 0 bridgehead atoms. The number of hydrogen-bond donors (Lipinski definition) is 0. The van der Waals surface area contributed by atoms with E-state index in [2.05, 4.69) is 0 Å². The van der Waals surface area contributed by atoms with E-state index in [0.717, 1.165) is 25.9 Å². The highest BCUT2D eigenvalue weighted by Crippen LogP contribution is 2.35. The Morgan fingerprint density at radius 1 is 1.00 bits per heavy atom. The van der Waals surface area contributed by atoms with E-state index in [1.54, 1.807) is 19.9 Å². The molecule has 0 spiro atoms. The number of piperazine rings is 1. The van der Waals surface area contributed by atoms with E-state index in [0.29, 0.717) is 48.9 Å². The molecule has 0 radical (unpaired) electrons. The van der Waals surface area contributed by atoms with Crippen molar-refractivity contribution < 1.29 is 13.2 Å². The van der Waals surface area contributed by atoms with Crippen LogP contribution in [0.3, 0.4) is 0 Å². The molecule has 0 aromatic heterocycles. The molecule has 2 aliphatic heterocycles. The zero-order valence-electron chi connectivity index (χ0n) is 16.4. The van der Waals surface area contributed by atoms with Crippen LogP contribution in [0.15, 0.2) is 11.0 Å². The van der Waals surface area contributed by atoms with Gasteiger partial charge in [-0.2, -0.15) is 4.31 Å². The van der Waals surface area contributed by atoms with Crippen molar-refractivity contribution in [2.24, 2.45) is 0 Å². The van der Waals surface area contributed by atoms with Crippen LogP contribution < -0.4 is 0 Å². The Hall–Kier alpha value is -0.860. The summed E-state index contributed by atoms with van der Waals surface area (Å²) in [5.41, 5.74) is 1.11. The minimum absolute atomic E-state index is 0.0945. The van der Waals surface area contributed by atoms with Crippen molar-refractivity contribution in [2.45, 2.75) is 38.0 Å². The van der Waals surface area contributed by atoms with Gasteiger partial charge < -0.3 is 4.90 Å². The second kappa shape index (κ2) is 8.88. The summed E-state index contributed by atoms with van der Waals surface area (Å²) < 4.78 is 27.8. The van der Waals surface area contributed by atoms with Gasteiger partial charge in [-0.1, -0.05) is 23.2 Å². The predicted octanol–water partition coefficient (Wildman–Crippen LogP) is 2.93. The number of amides is 1. The fourth-order valence-corrected chi connectivity index (χ4v) is 6.40. The number of carbonyl (C=O) groups is 1. The average Bonchev–Trinajstić information content (AvgIpc) is 2.67. The molecule has 3 rings (SSSR count). The zero-order chi connectivity index (χ0) is 20.5. The Bertz CT molecular complexity index is 820. The van der Waals surface area contributed by atoms with Crippen LogP contribution in [0.2, 0.25) is 10.0 Å². The molecule has 0 unspecified atom stereocenters. The third-order valence-corrected chi connectivity index (χ3v) is 8.65. The van der Waals surface area contributed by atoms with E-state index >= 15 is 0 Å². The molecule has 6 nitrogen and oxygen atoms in total. The Morgan fingerprint density at radius 2 is 1.61 bits per heavy atom. The lowest BCUT2D eigenvalue weighted by Gasteiger charge is -2.35. The summed E-state index contributed by atoms with van der Waals surface area (Å²) in [7, 11) is -3.75. The molecule has 0 N–H and O–H groups in total. The van der Waals surface area contributed by atoms with Gasteiger partial charge in [-0.25, -0.2) is 8.42 Å². The summed E-state index contributed by atoms with van der Waals surface area (Å²) in [6.45, 7) is 7.14. The molecule has 0 aliphatic carbocycles. The van der Waals surface area contributed by atoms with Gasteiger partial charge in [0.1, 0.15) is 4.90 Å². The van der Waals surface area contributed by atoms with Crippen LogP contribution >= 0.6 is 23.2 Å². The van der Waals surface area contributed by atoms with Crippen molar-refractivity contribution in [3.63, 3.8) is 0 Å². The summed E-state index contributed by atoms with van der Waals surface area (Å²) in [6, 6.07) is 1.68. The van der Waals surface area contributed by atoms with Crippen molar-refractivity contribution in [1.82, 2.24) is 14.1 Å². The van der Waals surface area contributed by atoms with Gasteiger partial charge in [-0.05, 0) is 50.3 Å². The number of carbonyl (C=O) groups excluding carboxylic acids is 1. The fourth-order valence-electron chi connectivity index (χ4n) is 3.81. The maximum Gasteiger partial charge on any atom is 0.244 e. The van der Waals surface area contributed by atoms with E-state index in [1.807, 2.05) is 9.80 Å². The van der Waals surface area contributed by atoms with Gasteiger partial charge in [0, 0.05) is 44.3 Å². The Morgan fingerprint density at radius 3 is 2.21 bits per heavy atom. The van der Waals surface area contributed by atoms with Crippen LogP contribution in [0.4, 0.5) is 0 Å². The lowest BCUT2D eigenvalue weighted by atomic mass is 10.1. The van der Waals surface area contributed by atoms with E-state index in [9.17, 15) is 13.2 Å². The molecule has 2 fully saturated rings. The number of halogens is 2. The van der Waals surface area contributed by atoms with Crippen LogP contribution in [0.25, 0.3) is 0 Å². The topological polar surface area (TPSA) is 60.9 Å². The van der Waals surface area contributed by atoms with Crippen molar-refractivity contribution in [2.75, 3.05) is 45.8 Å². The van der Waals surface area contributed by atoms with Gasteiger partial charge in [-0.3, -0.25) is 9.69 Å². The third kappa shape index (κ3) is 4.49. The smallest absolute Gasteiger partial charge is 0.244 e. The van der Waals surface area contributed by atoms with Crippen molar-refractivity contribution in [1.29, 1.82) is 0 Å². The SMILES string of the molecule is Cc1cc(Cl)c(C)c(S(=O)(=O)N2CCN(CC(=O)N3CCCCC3)CC2)c1Cl. The number of piperidine rings is 1. The summed E-state index contributed by atoms with van der Waals surface area (Å²) >= 11 is 12.5. The second-order valence-corrected chi connectivity index (χ2v) is 10.2. The van der Waals surface area contributed by atoms with Crippen LogP contribution in [-0.4, -0.2) is 74.2 Å². The summed E-state index contributed by atoms with van der Waals surface area (Å²) in [5.74, 6) is 0.139. The molecular formula is C19H27Cl2N3O3S.